The first-order chi connectivity index (χ1) is 18.1. The number of carboxylic acid groups (broad SMARTS) is 1. The van der Waals surface area contributed by atoms with Gasteiger partial charge in [-0.05, 0) is 54.3 Å². The number of amides is 1. The van der Waals surface area contributed by atoms with E-state index in [1.807, 2.05) is 6.08 Å². The number of rotatable bonds is 8. The van der Waals surface area contributed by atoms with Crippen LogP contribution < -0.4 is 19.5 Å². The Morgan fingerprint density at radius 2 is 1.76 bits per heavy atom. The van der Waals surface area contributed by atoms with Crippen molar-refractivity contribution in [2.24, 2.45) is 5.92 Å². The second kappa shape index (κ2) is 11.7. The first-order valence-electron chi connectivity index (χ1n) is 12.2. The molecule has 0 saturated heterocycles. The van der Waals surface area contributed by atoms with Gasteiger partial charge in [-0.2, -0.15) is 4.72 Å². The van der Waals surface area contributed by atoms with Gasteiger partial charge in [-0.15, -0.1) is 0 Å². The van der Waals surface area contributed by atoms with Crippen LogP contribution in [0.1, 0.15) is 38.2 Å². The van der Waals surface area contributed by atoms with E-state index in [0.29, 0.717) is 42.6 Å². The smallest absolute Gasteiger partial charge is 0.417 e. The monoisotopic (exact) mass is 542 g/mol. The summed E-state index contributed by atoms with van der Waals surface area (Å²) in [5.74, 6) is -0.0919. The normalized spacial score (nSPS) is 17.8. The average molecular weight is 543 g/mol. The van der Waals surface area contributed by atoms with Crippen LogP contribution in [-0.2, 0) is 19.6 Å². The van der Waals surface area contributed by atoms with Gasteiger partial charge < -0.3 is 19.3 Å². The summed E-state index contributed by atoms with van der Waals surface area (Å²) in [6.45, 7) is 4.39. The summed E-state index contributed by atoms with van der Waals surface area (Å²) in [5.41, 5.74) is 1.39. The van der Waals surface area contributed by atoms with Crippen molar-refractivity contribution in [3.05, 3.63) is 72.0 Å². The molecule has 0 aromatic heterocycles. The predicted octanol–water partition coefficient (Wildman–Crippen LogP) is 4.41. The van der Waals surface area contributed by atoms with Crippen LogP contribution in [0.25, 0.3) is 0 Å². The molecule has 1 aliphatic heterocycles. The molecule has 1 heterocycles. The molecule has 1 aliphatic carbocycles. The van der Waals surface area contributed by atoms with Crippen molar-refractivity contribution in [1.29, 1.82) is 0 Å². The lowest BCUT2D eigenvalue weighted by atomic mass is 9.92. The Morgan fingerprint density at radius 3 is 2.39 bits per heavy atom. The number of sulfonamides is 1. The van der Waals surface area contributed by atoms with Crippen LogP contribution in [0.2, 0.25) is 0 Å². The molecule has 10 nitrogen and oxygen atoms in total. The Hall–Kier alpha value is -3.83. The summed E-state index contributed by atoms with van der Waals surface area (Å²) >= 11 is 0. The van der Waals surface area contributed by atoms with Crippen molar-refractivity contribution in [3.8, 4) is 11.5 Å². The maximum absolute atomic E-state index is 12.6. The average Bonchev–Trinajstić information content (AvgIpc) is 3.12. The molecule has 0 spiro atoms. The number of fused-ring (bicyclic) bond motifs is 1. The lowest BCUT2D eigenvalue weighted by molar-refractivity contribution is -0.140. The molecular weight excluding hydrogens is 512 g/mol. The lowest BCUT2D eigenvalue weighted by Crippen LogP contribution is -2.44. The fourth-order valence-corrected chi connectivity index (χ4v) is 5.35. The molecular formula is C27H30N2O8S. The number of anilines is 1. The molecule has 2 atom stereocenters. The minimum absolute atomic E-state index is 0.0149. The molecule has 2 aromatic carbocycles. The SMILES string of the molecule is CC(C)[C@@H](NS(=O)(=O)c1ccc(C2C=CC(OC(=O)Nc3ccc4c(c3)OCCCO4)=CC2)cc1)C(=O)O. The summed E-state index contributed by atoms with van der Waals surface area (Å²) in [4.78, 5) is 23.7. The first kappa shape index (κ1) is 27.2. The number of aliphatic carboxylic acids is 1. The van der Waals surface area contributed by atoms with Crippen molar-refractivity contribution >= 4 is 27.8 Å². The highest BCUT2D eigenvalue weighted by atomic mass is 32.2. The maximum Gasteiger partial charge on any atom is 0.417 e. The van der Waals surface area contributed by atoms with Gasteiger partial charge in [-0.3, -0.25) is 10.1 Å². The van der Waals surface area contributed by atoms with Gasteiger partial charge in [0.2, 0.25) is 10.0 Å². The number of carbonyl (C=O) groups is 2. The summed E-state index contributed by atoms with van der Waals surface area (Å²) in [6, 6.07) is 10.2. The minimum atomic E-state index is -3.99. The van der Waals surface area contributed by atoms with Crippen LogP contribution in [-0.4, -0.2) is 44.8 Å². The number of nitrogens with one attached hydrogen (secondary N) is 2. The third kappa shape index (κ3) is 6.73. The number of allylic oxidation sites excluding steroid dienone is 3. The molecule has 0 saturated carbocycles. The van der Waals surface area contributed by atoms with Gasteiger partial charge >= 0.3 is 12.1 Å². The van der Waals surface area contributed by atoms with E-state index in [1.54, 1.807) is 56.3 Å². The van der Waals surface area contributed by atoms with Gasteiger partial charge in [0, 0.05) is 24.1 Å². The zero-order chi connectivity index (χ0) is 27.3. The van der Waals surface area contributed by atoms with Gasteiger partial charge in [-0.25, -0.2) is 13.2 Å². The number of benzene rings is 2. The maximum atomic E-state index is 12.6. The van der Waals surface area contributed by atoms with E-state index in [0.717, 1.165) is 12.0 Å². The molecule has 4 rings (SSSR count). The lowest BCUT2D eigenvalue weighted by Gasteiger charge is -2.19. The second-order valence-electron chi connectivity index (χ2n) is 9.28. The zero-order valence-electron chi connectivity index (χ0n) is 21.0. The van der Waals surface area contributed by atoms with E-state index in [9.17, 15) is 23.1 Å². The summed E-state index contributed by atoms with van der Waals surface area (Å²) in [7, 11) is -3.99. The van der Waals surface area contributed by atoms with Crippen LogP contribution in [0.4, 0.5) is 10.5 Å². The first-order valence-corrected chi connectivity index (χ1v) is 13.7. The number of carboxylic acids is 1. The van der Waals surface area contributed by atoms with E-state index in [4.69, 9.17) is 14.2 Å². The van der Waals surface area contributed by atoms with Gasteiger partial charge in [0.05, 0.1) is 18.1 Å². The van der Waals surface area contributed by atoms with Gasteiger partial charge in [0.1, 0.15) is 11.8 Å². The van der Waals surface area contributed by atoms with E-state index >= 15 is 0 Å². The van der Waals surface area contributed by atoms with Crippen LogP contribution in [0.5, 0.6) is 11.5 Å². The molecule has 1 unspecified atom stereocenters. The summed E-state index contributed by atoms with van der Waals surface area (Å²) in [5, 5.41) is 12.0. The highest BCUT2D eigenvalue weighted by molar-refractivity contribution is 7.89. The molecule has 38 heavy (non-hydrogen) atoms. The molecule has 0 radical (unpaired) electrons. The molecule has 1 amide bonds. The second-order valence-corrected chi connectivity index (χ2v) is 11.0. The zero-order valence-corrected chi connectivity index (χ0v) is 21.9. The number of carbonyl (C=O) groups excluding carboxylic acids is 1. The number of ether oxygens (including phenoxy) is 3. The van der Waals surface area contributed by atoms with Crippen LogP contribution in [0.15, 0.2) is 71.3 Å². The molecule has 0 bridgehead atoms. The molecule has 202 valence electrons. The predicted molar refractivity (Wildman–Crippen MR) is 140 cm³/mol. The third-order valence-electron chi connectivity index (χ3n) is 6.10. The molecule has 2 aliphatic rings. The summed E-state index contributed by atoms with van der Waals surface area (Å²) < 4.78 is 44.2. The van der Waals surface area contributed by atoms with Gasteiger partial charge in [0.15, 0.2) is 11.5 Å². The van der Waals surface area contributed by atoms with E-state index < -0.39 is 34.0 Å². The highest BCUT2D eigenvalue weighted by Crippen LogP contribution is 2.33. The van der Waals surface area contributed by atoms with Crippen molar-refractivity contribution in [2.75, 3.05) is 18.5 Å². The van der Waals surface area contributed by atoms with Crippen LogP contribution in [0.3, 0.4) is 0 Å². The van der Waals surface area contributed by atoms with Crippen LogP contribution >= 0.6 is 0 Å². The highest BCUT2D eigenvalue weighted by Gasteiger charge is 2.28. The summed E-state index contributed by atoms with van der Waals surface area (Å²) in [6.07, 6.45) is 6.03. The Bertz CT molecular complexity index is 1350. The molecule has 0 fully saturated rings. The number of hydrogen-bond donors (Lipinski definition) is 3. The topological polar surface area (TPSA) is 140 Å². The fourth-order valence-electron chi connectivity index (χ4n) is 4.02. The van der Waals surface area contributed by atoms with Gasteiger partial charge in [0.25, 0.3) is 0 Å². The third-order valence-corrected chi connectivity index (χ3v) is 7.56. The van der Waals surface area contributed by atoms with Gasteiger partial charge in [-0.1, -0.05) is 32.1 Å². The van der Waals surface area contributed by atoms with E-state index in [1.165, 1.54) is 12.1 Å². The van der Waals surface area contributed by atoms with Crippen molar-refractivity contribution < 1.29 is 37.3 Å². The molecule has 3 N–H and O–H groups in total. The minimum Gasteiger partial charge on any atom is -0.490 e. The quantitative estimate of drug-likeness (QED) is 0.446. The van der Waals surface area contributed by atoms with Crippen molar-refractivity contribution in [3.63, 3.8) is 0 Å². The Balaban J connectivity index is 1.33. The van der Waals surface area contributed by atoms with E-state index in [-0.39, 0.29) is 10.8 Å². The van der Waals surface area contributed by atoms with E-state index in [2.05, 4.69) is 10.0 Å². The molecule has 2 aromatic rings. The largest absolute Gasteiger partial charge is 0.490 e. The van der Waals surface area contributed by atoms with Crippen molar-refractivity contribution in [1.82, 2.24) is 4.72 Å². The Morgan fingerprint density at radius 1 is 1.05 bits per heavy atom. The number of hydrogen-bond acceptors (Lipinski definition) is 7. The standard InChI is InChI=1S/C27H30N2O8S/c1-17(2)25(26(30)31)29-38(33,34)22-11-6-19(7-12-22)18-4-9-21(10-5-18)37-27(32)28-20-8-13-23-24(16-20)36-15-3-14-35-23/h4,6-13,16-18,25,29H,3,5,14-15H2,1-2H3,(H,28,32)(H,30,31)/t18?,25-/m1/s1. The Labute approximate surface area is 221 Å². The van der Waals surface area contributed by atoms with Crippen LogP contribution in [0, 0.1) is 5.92 Å². The fraction of sp³-hybridized carbons (Fsp3) is 0.333. The molecule has 11 heteroatoms. The Kier molecular flexibility index (Phi) is 8.38. The van der Waals surface area contributed by atoms with Crippen molar-refractivity contribution in [2.45, 2.75) is 43.5 Å².